The Balaban J connectivity index is 0.00000145. The second-order valence-corrected chi connectivity index (χ2v) is 6.87. The summed E-state index contributed by atoms with van der Waals surface area (Å²) in [6, 6.07) is 8.51. The van der Waals surface area contributed by atoms with Crippen molar-refractivity contribution in [2.75, 3.05) is 18.5 Å². The van der Waals surface area contributed by atoms with Crippen LogP contribution in [0.5, 0.6) is 0 Å². The third kappa shape index (κ3) is 5.18. The summed E-state index contributed by atoms with van der Waals surface area (Å²) in [4.78, 5) is 19.2. The molecule has 0 saturated carbocycles. The van der Waals surface area contributed by atoms with E-state index in [1.54, 1.807) is 9.47 Å². The highest BCUT2D eigenvalue weighted by Gasteiger charge is 2.31. The fourth-order valence-electron chi connectivity index (χ4n) is 3.34. The standard InChI is InChI=1S/C18H23N5O3S.C2H6/c19-21-16-14(10-24)18(27)23(11-20-16)15(12-5-2-1-3-6-12)17(26)22-8-4-7-13(25)9-22;1-2/h1-3,5-6,11,13,15,21,24-25H,4,7-10,19H2;1-2H3. The Hall–Kier alpha value is -2.33. The highest BCUT2D eigenvalue weighted by molar-refractivity contribution is 7.71. The second kappa shape index (κ2) is 11.0. The van der Waals surface area contributed by atoms with Gasteiger partial charge in [0.25, 0.3) is 0 Å². The number of amides is 1. The first kappa shape index (κ1) is 23.0. The number of nitrogens with two attached hydrogens (primary N) is 1. The number of carbonyl (C=O) groups is 1. The van der Waals surface area contributed by atoms with E-state index in [2.05, 4.69) is 10.4 Å². The maximum absolute atomic E-state index is 13.4. The van der Waals surface area contributed by atoms with Gasteiger partial charge in [0.2, 0.25) is 5.91 Å². The summed E-state index contributed by atoms with van der Waals surface area (Å²) in [7, 11) is 0. The molecule has 8 nitrogen and oxygen atoms in total. The van der Waals surface area contributed by atoms with Crippen molar-refractivity contribution in [1.82, 2.24) is 14.5 Å². The zero-order valence-electron chi connectivity index (χ0n) is 16.8. The minimum Gasteiger partial charge on any atom is -0.391 e. The number of hydrogen-bond donors (Lipinski definition) is 4. The summed E-state index contributed by atoms with van der Waals surface area (Å²) >= 11 is 5.51. The lowest BCUT2D eigenvalue weighted by molar-refractivity contribution is -0.136. The van der Waals surface area contributed by atoms with E-state index in [1.165, 1.54) is 6.33 Å². The van der Waals surface area contributed by atoms with E-state index in [-0.39, 0.29) is 29.5 Å². The van der Waals surface area contributed by atoms with Gasteiger partial charge in [-0.1, -0.05) is 56.4 Å². The van der Waals surface area contributed by atoms with Crippen molar-refractivity contribution in [3.63, 3.8) is 0 Å². The van der Waals surface area contributed by atoms with Crippen molar-refractivity contribution in [3.05, 3.63) is 52.4 Å². The Morgan fingerprint density at radius 1 is 1.38 bits per heavy atom. The topological polar surface area (TPSA) is 117 Å². The summed E-state index contributed by atoms with van der Waals surface area (Å²) in [5, 5.41) is 19.7. The van der Waals surface area contributed by atoms with Crippen LogP contribution in [0.15, 0.2) is 36.7 Å². The molecule has 2 heterocycles. The molecule has 29 heavy (non-hydrogen) atoms. The molecule has 9 heteroatoms. The molecule has 0 aliphatic carbocycles. The highest BCUT2D eigenvalue weighted by atomic mass is 32.1. The number of hydrazine groups is 1. The molecule has 1 fully saturated rings. The van der Waals surface area contributed by atoms with Gasteiger partial charge in [0.15, 0.2) is 0 Å². The minimum absolute atomic E-state index is 0.171. The number of nitrogens with one attached hydrogen (secondary N) is 1. The number of nitrogens with zero attached hydrogens (tertiary/aromatic N) is 3. The van der Waals surface area contributed by atoms with Crippen molar-refractivity contribution in [3.8, 4) is 0 Å². The predicted octanol–water partition coefficient (Wildman–Crippen LogP) is 1.99. The van der Waals surface area contributed by atoms with Crippen LogP contribution in [0.2, 0.25) is 0 Å². The lowest BCUT2D eigenvalue weighted by atomic mass is 10.0. The fourth-order valence-corrected chi connectivity index (χ4v) is 3.66. The van der Waals surface area contributed by atoms with Crippen LogP contribution in [-0.2, 0) is 11.4 Å². The maximum atomic E-state index is 13.4. The average Bonchev–Trinajstić information content (AvgIpc) is 2.77. The van der Waals surface area contributed by atoms with Crippen LogP contribution < -0.4 is 11.3 Å². The zero-order valence-corrected chi connectivity index (χ0v) is 17.6. The quantitative estimate of drug-likeness (QED) is 0.333. The van der Waals surface area contributed by atoms with Crippen molar-refractivity contribution < 1.29 is 15.0 Å². The van der Waals surface area contributed by atoms with Gasteiger partial charge < -0.3 is 25.1 Å². The Morgan fingerprint density at radius 3 is 2.66 bits per heavy atom. The summed E-state index contributed by atoms with van der Waals surface area (Å²) in [5.74, 6) is 5.54. The van der Waals surface area contributed by atoms with E-state index < -0.39 is 12.1 Å². The van der Waals surface area contributed by atoms with Gasteiger partial charge in [0, 0.05) is 13.1 Å². The van der Waals surface area contributed by atoms with Crippen molar-refractivity contribution in [1.29, 1.82) is 0 Å². The van der Waals surface area contributed by atoms with Gasteiger partial charge in [-0.25, -0.2) is 10.8 Å². The van der Waals surface area contributed by atoms with E-state index in [0.717, 1.165) is 12.0 Å². The smallest absolute Gasteiger partial charge is 0.250 e. The largest absolute Gasteiger partial charge is 0.391 e. The molecule has 3 rings (SSSR count). The molecule has 158 valence electrons. The van der Waals surface area contributed by atoms with Gasteiger partial charge in [-0.2, -0.15) is 0 Å². The van der Waals surface area contributed by atoms with Crippen LogP contribution in [-0.4, -0.2) is 49.8 Å². The number of rotatable bonds is 5. The third-order valence-corrected chi connectivity index (χ3v) is 5.18. The lowest BCUT2D eigenvalue weighted by Crippen LogP contribution is -2.45. The molecule has 0 bridgehead atoms. The van der Waals surface area contributed by atoms with Crippen LogP contribution >= 0.6 is 12.2 Å². The number of aliphatic hydroxyl groups excluding tert-OH is 2. The van der Waals surface area contributed by atoms with Gasteiger partial charge in [-0.05, 0) is 18.4 Å². The predicted molar refractivity (Wildman–Crippen MR) is 115 cm³/mol. The summed E-state index contributed by atoms with van der Waals surface area (Å²) in [5.41, 5.74) is 3.51. The second-order valence-electron chi connectivity index (χ2n) is 6.48. The minimum atomic E-state index is -0.742. The van der Waals surface area contributed by atoms with E-state index >= 15 is 0 Å². The molecule has 1 aromatic heterocycles. The molecular formula is C20H29N5O3S. The van der Waals surface area contributed by atoms with Gasteiger partial charge in [0.05, 0.1) is 24.6 Å². The Labute approximate surface area is 176 Å². The van der Waals surface area contributed by atoms with Crippen molar-refractivity contribution >= 4 is 23.9 Å². The van der Waals surface area contributed by atoms with E-state index in [4.69, 9.17) is 18.1 Å². The van der Waals surface area contributed by atoms with Gasteiger partial charge in [-0.15, -0.1) is 0 Å². The molecule has 0 spiro atoms. The monoisotopic (exact) mass is 419 g/mol. The number of likely N-dealkylation sites (tertiary alicyclic amines) is 1. The SMILES string of the molecule is CC.NNc1ncn(C(C(=O)N2CCCC(O)C2)c2ccccc2)c(=S)c1CO. The number of piperidine rings is 1. The van der Waals surface area contributed by atoms with E-state index in [1.807, 2.05) is 44.2 Å². The molecule has 2 unspecified atom stereocenters. The fraction of sp³-hybridized carbons (Fsp3) is 0.450. The molecule has 1 aromatic carbocycles. The number of aromatic nitrogens is 2. The van der Waals surface area contributed by atoms with Crippen LogP contribution in [0.3, 0.4) is 0 Å². The normalized spacial score (nSPS) is 17.1. The van der Waals surface area contributed by atoms with Crippen LogP contribution in [0, 0.1) is 4.64 Å². The molecule has 2 atom stereocenters. The average molecular weight is 420 g/mol. The first-order valence-electron chi connectivity index (χ1n) is 9.76. The number of nitrogen functional groups attached to an aromatic ring is 1. The summed E-state index contributed by atoms with van der Waals surface area (Å²) < 4.78 is 1.85. The first-order chi connectivity index (χ1) is 14.1. The van der Waals surface area contributed by atoms with Crippen LogP contribution in [0.4, 0.5) is 5.82 Å². The molecular weight excluding hydrogens is 390 g/mol. The highest BCUT2D eigenvalue weighted by Crippen LogP contribution is 2.26. The molecule has 5 N–H and O–H groups in total. The molecule has 2 aromatic rings. The van der Waals surface area contributed by atoms with E-state index in [9.17, 15) is 15.0 Å². The Morgan fingerprint density at radius 2 is 2.07 bits per heavy atom. The Bertz CT molecular complexity index is 859. The number of carbonyl (C=O) groups excluding carboxylic acids is 1. The Kier molecular flexibility index (Phi) is 8.71. The van der Waals surface area contributed by atoms with Crippen LogP contribution in [0.25, 0.3) is 0 Å². The molecule has 1 saturated heterocycles. The zero-order chi connectivity index (χ0) is 21.4. The van der Waals surface area contributed by atoms with Gasteiger partial charge in [-0.3, -0.25) is 4.79 Å². The molecule has 1 aliphatic rings. The summed E-state index contributed by atoms with van der Waals surface area (Å²) in [6.07, 6.45) is 2.36. The van der Waals surface area contributed by atoms with Crippen molar-refractivity contribution in [2.45, 2.75) is 45.4 Å². The van der Waals surface area contributed by atoms with E-state index in [0.29, 0.717) is 18.5 Å². The van der Waals surface area contributed by atoms with Gasteiger partial charge in [0.1, 0.15) is 16.5 Å². The number of benzene rings is 1. The van der Waals surface area contributed by atoms with Crippen LogP contribution in [0.1, 0.15) is 43.9 Å². The van der Waals surface area contributed by atoms with Crippen molar-refractivity contribution in [2.24, 2.45) is 5.84 Å². The molecule has 0 radical (unpaired) electrons. The number of hydrogen-bond acceptors (Lipinski definition) is 7. The number of anilines is 1. The maximum Gasteiger partial charge on any atom is 0.250 e. The molecule has 1 amide bonds. The first-order valence-corrected chi connectivity index (χ1v) is 10.2. The molecule has 1 aliphatic heterocycles. The number of β-amino-alcohol motifs (C(OH)–C–C–N with tert-alkyl or cyclic N) is 1. The lowest BCUT2D eigenvalue weighted by Gasteiger charge is -2.34. The summed E-state index contributed by atoms with van der Waals surface area (Å²) in [6.45, 7) is 4.51. The van der Waals surface area contributed by atoms with Gasteiger partial charge >= 0.3 is 0 Å². The number of aliphatic hydroxyl groups is 2. The third-order valence-electron chi connectivity index (χ3n) is 4.72.